The largest absolute Gasteiger partial charge is 0.348 e. The number of piperidine rings is 1. The van der Waals surface area contributed by atoms with Gasteiger partial charge in [0.25, 0.3) is 5.91 Å². The summed E-state index contributed by atoms with van der Waals surface area (Å²) in [5.41, 5.74) is 3.11. The van der Waals surface area contributed by atoms with Gasteiger partial charge in [0.15, 0.2) is 0 Å². The van der Waals surface area contributed by atoms with Crippen molar-refractivity contribution in [1.82, 2.24) is 15.1 Å². The molecule has 0 atom stereocenters. The monoisotopic (exact) mass is 422 g/mol. The zero-order valence-electron chi connectivity index (χ0n) is 18.4. The Balaban J connectivity index is 1.58. The number of aryl methyl sites for hydroxylation is 1. The zero-order chi connectivity index (χ0) is 22.4. The van der Waals surface area contributed by atoms with Crippen LogP contribution in [-0.4, -0.2) is 54.8 Å². The fraction of sp³-hybridized carbons (Fsp3) is 0.375. The summed E-state index contributed by atoms with van der Waals surface area (Å²) in [6.07, 6.45) is 1.21. The lowest BCUT2D eigenvalue weighted by atomic mass is 9.95. The smallest absolute Gasteiger partial charge is 0.319 e. The third kappa shape index (κ3) is 5.84. The second kappa shape index (κ2) is 10.1. The average molecular weight is 423 g/mol. The molecule has 0 aliphatic carbocycles. The summed E-state index contributed by atoms with van der Waals surface area (Å²) in [5.74, 6) is -0.534. The van der Waals surface area contributed by atoms with Crippen molar-refractivity contribution in [1.29, 1.82) is 0 Å². The minimum atomic E-state index is -0.233. The van der Waals surface area contributed by atoms with Gasteiger partial charge in [-0.25, -0.2) is 4.79 Å². The Kier molecular flexibility index (Phi) is 7.28. The summed E-state index contributed by atoms with van der Waals surface area (Å²) < 4.78 is 0. The molecular formula is C24H30N4O3. The van der Waals surface area contributed by atoms with Crippen molar-refractivity contribution in [3.8, 4) is 0 Å². The molecule has 164 valence electrons. The molecule has 7 heteroatoms. The lowest BCUT2D eigenvalue weighted by Crippen LogP contribution is -2.45. The van der Waals surface area contributed by atoms with Crippen LogP contribution in [-0.2, 0) is 11.3 Å². The first kappa shape index (κ1) is 22.3. The predicted octanol–water partition coefficient (Wildman–Crippen LogP) is 3.26. The van der Waals surface area contributed by atoms with Crippen molar-refractivity contribution >= 4 is 23.5 Å². The second-order valence-electron chi connectivity index (χ2n) is 8.14. The predicted molar refractivity (Wildman–Crippen MR) is 121 cm³/mol. The SMILES string of the molecule is Cc1ccc(CNC(=O)c2ccccc2NC(=O)C2CCN(C(=O)N(C)C)CC2)cc1. The lowest BCUT2D eigenvalue weighted by Gasteiger charge is -2.33. The Bertz CT molecular complexity index is 932. The highest BCUT2D eigenvalue weighted by molar-refractivity contribution is 6.04. The maximum Gasteiger partial charge on any atom is 0.319 e. The summed E-state index contributed by atoms with van der Waals surface area (Å²) in [5, 5.41) is 5.84. The molecule has 4 amide bonds. The molecular weight excluding hydrogens is 392 g/mol. The standard InChI is InChI=1S/C24H30N4O3/c1-17-8-10-18(11-9-17)16-25-23(30)20-6-4-5-7-21(20)26-22(29)19-12-14-28(15-13-19)24(31)27(2)3/h4-11,19H,12-16H2,1-3H3,(H,25,30)(H,26,29). The van der Waals surface area contributed by atoms with E-state index >= 15 is 0 Å². The number of urea groups is 1. The number of nitrogens with one attached hydrogen (secondary N) is 2. The molecule has 0 saturated carbocycles. The van der Waals surface area contributed by atoms with Crippen LogP contribution in [0.4, 0.5) is 10.5 Å². The molecule has 2 N–H and O–H groups in total. The number of rotatable bonds is 5. The van der Waals surface area contributed by atoms with E-state index in [4.69, 9.17) is 0 Å². The number of anilines is 1. The fourth-order valence-electron chi connectivity index (χ4n) is 3.62. The number of likely N-dealkylation sites (tertiary alicyclic amines) is 1. The highest BCUT2D eigenvalue weighted by Gasteiger charge is 2.28. The van der Waals surface area contributed by atoms with Crippen LogP contribution in [0.1, 0.15) is 34.3 Å². The summed E-state index contributed by atoms with van der Waals surface area (Å²) in [7, 11) is 3.45. The van der Waals surface area contributed by atoms with Gasteiger partial charge < -0.3 is 20.4 Å². The molecule has 1 fully saturated rings. The van der Waals surface area contributed by atoms with E-state index < -0.39 is 0 Å². The molecule has 2 aromatic rings. The molecule has 2 aromatic carbocycles. The number of hydrogen-bond donors (Lipinski definition) is 2. The van der Waals surface area contributed by atoms with E-state index in [0.29, 0.717) is 43.7 Å². The number of para-hydroxylation sites is 1. The van der Waals surface area contributed by atoms with Gasteiger partial charge >= 0.3 is 6.03 Å². The summed E-state index contributed by atoms with van der Waals surface area (Å²) in [6, 6.07) is 15.0. The van der Waals surface area contributed by atoms with Gasteiger partial charge in [0.1, 0.15) is 0 Å². The number of carbonyl (C=O) groups is 3. The van der Waals surface area contributed by atoms with Gasteiger partial charge in [-0.05, 0) is 37.5 Å². The highest BCUT2D eigenvalue weighted by Crippen LogP contribution is 2.22. The van der Waals surface area contributed by atoms with Crippen LogP contribution >= 0.6 is 0 Å². The fourth-order valence-corrected chi connectivity index (χ4v) is 3.62. The summed E-state index contributed by atoms with van der Waals surface area (Å²) >= 11 is 0. The third-order valence-electron chi connectivity index (χ3n) is 5.52. The number of amides is 4. The Hall–Kier alpha value is -3.35. The molecule has 0 bridgehead atoms. The lowest BCUT2D eigenvalue weighted by molar-refractivity contribution is -0.121. The van der Waals surface area contributed by atoms with Crippen molar-refractivity contribution < 1.29 is 14.4 Å². The van der Waals surface area contributed by atoms with E-state index in [1.807, 2.05) is 31.2 Å². The van der Waals surface area contributed by atoms with E-state index in [1.54, 1.807) is 48.2 Å². The maximum absolute atomic E-state index is 12.8. The van der Waals surface area contributed by atoms with E-state index in [9.17, 15) is 14.4 Å². The normalized spacial score (nSPS) is 14.1. The van der Waals surface area contributed by atoms with Crippen LogP contribution in [0.15, 0.2) is 48.5 Å². The van der Waals surface area contributed by atoms with Crippen LogP contribution in [0.5, 0.6) is 0 Å². The van der Waals surface area contributed by atoms with Crippen molar-refractivity contribution in [3.05, 3.63) is 65.2 Å². The molecule has 3 rings (SSSR count). The second-order valence-corrected chi connectivity index (χ2v) is 8.14. The summed E-state index contributed by atoms with van der Waals surface area (Å²) in [4.78, 5) is 40.9. The maximum atomic E-state index is 12.8. The van der Waals surface area contributed by atoms with Gasteiger partial charge in [-0.1, -0.05) is 42.0 Å². The topological polar surface area (TPSA) is 81.8 Å². The Morgan fingerprint density at radius 1 is 1.00 bits per heavy atom. The van der Waals surface area contributed by atoms with Crippen LogP contribution in [0.3, 0.4) is 0 Å². The molecule has 1 heterocycles. The first-order chi connectivity index (χ1) is 14.8. The molecule has 1 saturated heterocycles. The minimum Gasteiger partial charge on any atom is -0.348 e. The van der Waals surface area contributed by atoms with Crippen molar-refractivity contribution in [3.63, 3.8) is 0 Å². The van der Waals surface area contributed by atoms with Crippen molar-refractivity contribution in [2.24, 2.45) is 5.92 Å². The highest BCUT2D eigenvalue weighted by atomic mass is 16.2. The number of nitrogens with zero attached hydrogens (tertiary/aromatic N) is 2. The van der Waals surface area contributed by atoms with Gasteiger partial charge in [0.05, 0.1) is 11.3 Å². The molecule has 0 spiro atoms. The Morgan fingerprint density at radius 2 is 1.65 bits per heavy atom. The van der Waals surface area contributed by atoms with E-state index in [1.165, 1.54) is 5.56 Å². The summed E-state index contributed by atoms with van der Waals surface area (Å²) in [6.45, 7) is 3.53. The van der Waals surface area contributed by atoms with Crippen LogP contribution < -0.4 is 10.6 Å². The molecule has 0 aromatic heterocycles. The van der Waals surface area contributed by atoms with Crippen molar-refractivity contribution in [2.45, 2.75) is 26.3 Å². The quantitative estimate of drug-likeness (QED) is 0.776. The molecule has 1 aliphatic heterocycles. The molecule has 0 unspecified atom stereocenters. The van der Waals surface area contributed by atoms with Crippen LogP contribution in [0.2, 0.25) is 0 Å². The van der Waals surface area contributed by atoms with E-state index in [2.05, 4.69) is 10.6 Å². The average Bonchev–Trinajstić information content (AvgIpc) is 2.78. The molecule has 0 radical (unpaired) electrons. The number of carbonyl (C=O) groups excluding carboxylic acids is 3. The molecule has 1 aliphatic rings. The molecule has 31 heavy (non-hydrogen) atoms. The van der Waals surface area contributed by atoms with E-state index in [0.717, 1.165) is 5.56 Å². The zero-order valence-corrected chi connectivity index (χ0v) is 18.4. The van der Waals surface area contributed by atoms with Gasteiger partial charge in [0, 0.05) is 39.6 Å². The van der Waals surface area contributed by atoms with E-state index in [-0.39, 0.29) is 23.8 Å². The first-order valence-corrected chi connectivity index (χ1v) is 10.5. The number of benzene rings is 2. The van der Waals surface area contributed by atoms with Gasteiger partial charge in [0.2, 0.25) is 5.91 Å². The first-order valence-electron chi connectivity index (χ1n) is 10.5. The van der Waals surface area contributed by atoms with Gasteiger partial charge in [-0.2, -0.15) is 0 Å². The Morgan fingerprint density at radius 3 is 2.29 bits per heavy atom. The van der Waals surface area contributed by atoms with Gasteiger partial charge in [-0.15, -0.1) is 0 Å². The van der Waals surface area contributed by atoms with Gasteiger partial charge in [-0.3, -0.25) is 9.59 Å². The Labute approximate surface area is 183 Å². The molecule has 7 nitrogen and oxygen atoms in total. The van der Waals surface area contributed by atoms with Crippen molar-refractivity contribution in [2.75, 3.05) is 32.5 Å². The van der Waals surface area contributed by atoms with Crippen LogP contribution in [0.25, 0.3) is 0 Å². The number of hydrogen-bond acceptors (Lipinski definition) is 3. The minimum absolute atomic E-state index is 0.0329. The third-order valence-corrected chi connectivity index (χ3v) is 5.52. The van der Waals surface area contributed by atoms with Crippen LogP contribution in [0, 0.1) is 12.8 Å².